The van der Waals surface area contributed by atoms with Crippen molar-refractivity contribution in [3.05, 3.63) is 46.7 Å². The molecule has 1 aromatic carbocycles. The van der Waals surface area contributed by atoms with E-state index in [0.29, 0.717) is 17.1 Å². The van der Waals surface area contributed by atoms with Gasteiger partial charge in [0.15, 0.2) is 11.9 Å². The number of anilines is 1. The van der Waals surface area contributed by atoms with Crippen LogP contribution in [0.1, 0.15) is 47.0 Å². The molecule has 0 radical (unpaired) electrons. The number of benzene rings is 1. The molecule has 1 aliphatic rings. The topological polar surface area (TPSA) is 81.4 Å². The number of amides is 1. The number of hydrogen-bond donors (Lipinski definition) is 1. The van der Waals surface area contributed by atoms with Crippen LogP contribution in [0.5, 0.6) is 0 Å². The zero-order chi connectivity index (χ0) is 17.1. The van der Waals surface area contributed by atoms with Crippen molar-refractivity contribution in [1.29, 1.82) is 0 Å². The van der Waals surface area contributed by atoms with Crippen molar-refractivity contribution in [3.63, 3.8) is 0 Å². The number of carbonyl (C=O) groups excluding carboxylic acids is 2. The molecule has 1 atom stereocenters. The molecular weight excluding hydrogens is 308 g/mol. The Morgan fingerprint density at radius 3 is 2.67 bits per heavy atom. The lowest BCUT2D eigenvalue weighted by Gasteiger charge is -2.17. The van der Waals surface area contributed by atoms with Crippen LogP contribution in [0.3, 0.4) is 0 Å². The Hall–Kier alpha value is -2.63. The maximum Gasteiger partial charge on any atom is 0.338 e. The summed E-state index contributed by atoms with van der Waals surface area (Å²) < 4.78 is 10.1. The lowest BCUT2D eigenvalue weighted by atomic mass is 9.90. The third kappa shape index (κ3) is 3.64. The standard InChI is InChI=1S/C18H20N2O4/c1-11-9-16(20-24-11)19-17(21)12(2)23-18(22)15-8-7-13-5-3-4-6-14(13)10-15/h7-10,12H,3-6H2,1-2H3,(H,19,20,21). The summed E-state index contributed by atoms with van der Waals surface area (Å²) in [6.45, 7) is 3.25. The first kappa shape index (κ1) is 16.2. The monoisotopic (exact) mass is 328 g/mol. The van der Waals surface area contributed by atoms with E-state index in [1.54, 1.807) is 19.1 Å². The molecule has 0 aliphatic heterocycles. The fourth-order valence-corrected chi connectivity index (χ4v) is 2.80. The smallest absolute Gasteiger partial charge is 0.338 e. The van der Waals surface area contributed by atoms with Gasteiger partial charge in [0.25, 0.3) is 5.91 Å². The highest BCUT2D eigenvalue weighted by Crippen LogP contribution is 2.22. The van der Waals surface area contributed by atoms with Gasteiger partial charge in [0, 0.05) is 6.07 Å². The molecule has 0 saturated heterocycles. The Bertz CT molecular complexity index is 766. The molecule has 2 aromatic rings. The number of rotatable bonds is 4. The van der Waals surface area contributed by atoms with Crippen molar-refractivity contribution in [2.24, 2.45) is 0 Å². The molecular formula is C18H20N2O4. The molecule has 1 aromatic heterocycles. The molecule has 24 heavy (non-hydrogen) atoms. The number of aromatic nitrogens is 1. The number of carbonyl (C=O) groups is 2. The highest BCUT2D eigenvalue weighted by Gasteiger charge is 2.21. The second-order valence-electron chi connectivity index (χ2n) is 6.05. The zero-order valence-electron chi connectivity index (χ0n) is 13.8. The van der Waals surface area contributed by atoms with Gasteiger partial charge in [0.2, 0.25) is 0 Å². The number of nitrogens with zero attached hydrogens (tertiary/aromatic N) is 1. The van der Waals surface area contributed by atoms with E-state index in [-0.39, 0.29) is 0 Å². The average molecular weight is 328 g/mol. The number of nitrogens with one attached hydrogen (secondary N) is 1. The Labute approximate surface area is 140 Å². The minimum absolute atomic E-state index is 0.300. The molecule has 1 unspecified atom stereocenters. The van der Waals surface area contributed by atoms with Crippen LogP contribution in [-0.4, -0.2) is 23.1 Å². The summed E-state index contributed by atoms with van der Waals surface area (Å²) >= 11 is 0. The van der Waals surface area contributed by atoms with Gasteiger partial charge < -0.3 is 14.6 Å². The molecule has 3 rings (SSSR count). The molecule has 0 fully saturated rings. The van der Waals surface area contributed by atoms with Crippen LogP contribution in [0, 0.1) is 6.92 Å². The quantitative estimate of drug-likeness (QED) is 0.872. The van der Waals surface area contributed by atoms with Gasteiger partial charge in [-0.15, -0.1) is 0 Å². The predicted molar refractivity (Wildman–Crippen MR) is 87.8 cm³/mol. The van der Waals surface area contributed by atoms with Crippen molar-refractivity contribution in [2.45, 2.75) is 45.6 Å². The van der Waals surface area contributed by atoms with E-state index in [2.05, 4.69) is 10.5 Å². The van der Waals surface area contributed by atoms with Gasteiger partial charge >= 0.3 is 5.97 Å². The molecule has 1 heterocycles. The lowest BCUT2D eigenvalue weighted by molar-refractivity contribution is -0.123. The molecule has 1 aliphatic carbocycles. The summed E-state index contributed by atoms with van der Waals surface area (Å²) in [5.41, 5.74) is 2.98. The molecule has 1 N–H and O–H groups in total. The molecule has 1 amide bonds. The molecule has 6 nitrogen and oxygen atoms in total. The zero-order valence-corrected chi connectivity index (χ0v) is 13.8. The maximum absolute atomic E-state index is 12.3. The van der Waals surface area contributed by atoms with E-state index < -0.39 is 18.0 Å². The van der Waals surface area contributed by atoms with Crippen LogP contribution in [0.2, 0.25) is 0 Å². The number of aryl methyl sites for hydroxylation is 3. The van der Waals surface area contributed by atoms with Gasteiger partial charge in [-0.05, 0) is 62.8 Å². The number of ether oxygens (including phenoxy) is 1. The summed E-state index contributed by atoms with van der Waals surface area (Å²) in [5.74, 6) is -0.0600. The van der Waals surface area contributed by atoms with Crippen LogP contribution in [0.25, 0.3) is 0 Å². The highest BCUT2D eigenvalue weighted by molar-refractivity contribution is 5.96. The van der Waals surface area contributed by atoms with Crippen molar-refractivity contribution < 1.29 is 18.8 Å². The minimum atomic E-state index is -0.925. The Morgan fingerprint density at radius 2 is 1.96 bits per heavy atom. The fraction of sp³-hybridized carbons (Fsp3) is 0.389. The maximum atomic E-state index is 12.3. The van der Waals surface area contributed by atoms with Crippen LogP contribution in [-0.2, 0) is 22.4 Å². The molecule has 126 valence electrons. The number of esters is 1. The van der Waals surface area contributed by atoms with Crippen LogP contribution >= 0.6 is 0 Å². The van der Waals surface area contributed by atoms with E-state index in [0.717, 1.165) is 19.3 Å². The van der Waals surface area contributed by atoms with Gasteiger partial charge in [0.05, 0.1) is 5.56 Å². The van der Waals surface area contributed by atoms with E-state index in [1.807, 2.05) is 12.1 Å². The third-order valence-electron chi connectivity index (χ3n) is 4.12. The van der Waals surface area contributed by atoms with Crippen LogP contribution < -0.4 is 5.32 Å². The van der Waals surface area contributed by atoms with Crippen LogP contribution in [0.4, 0.5) is 5.82 Å². The highest BCUT2D eigenvalue weighted by atomic mass is 16.5. The average Bonchev–Trinajstić information content (AvgIpc) is 2.99. The minimum Gasteiger partial charge on any atom is -0.449 e. The third-order valence-corrected chi connectivity index (χ3v) is 4.12. The van der Waals surface area contributed by atoms with E-state index in [9.17, 15) is 9.59 Å². The van der Waals surface area contributed by atoms with Gasteiger partial charge in [-0.1, -0.05) is 11.2 Å². The van der Waals surface area contributed by atoms with Crippen molar-refractivity contribution in [2.75, 3.05) is 5.32 Å². The molecule has 0 spiro atoms. The fourth-order valence-electron chi connectivity index (χ4n) is 2.80. The van der Waals surface area contributed by atoms with Crippen molar-refractivity contribution in [1.82, 2.24) is 5.16 Å². The first-order valence-corrected chi connectivity index (χ1v) is 8.10. The second-order valence-corrected chi connectivity index (χ2v) is 6.05. The summed E-state index contributed by atoms with van der Waals surface area (Å²) in [6.07, 6.45) is 3.45. The SMILES string of the molecule is Cc1cc(NC(=O)C(C)OC(=O)c2ccc3c(c2)CCCC3)no1. The normalized spacial score (nSPS) is 14.6. The Morgan fingerprint density at radius 1 is 1.21 bits per heavy atom. The predicted octanol–water partition coefficient (Wildman–Crippen LogP) is 3.05. The molecule has 6 heteroatoms. The second kappa shape index (κ2) is 6.86. The van der Waals surface area contributed by atoms with E-state index >= 15 is 0 Å². The van der Waals surface area contributed by atoms with Gasteiger partial charge in [-0.3, -0.25) is 4.79 Å². The van der Waals surface area contributed by atoms with Gasteiger partial charge in [0.1, 0.15) is 5.76 Å². The number of hydrogen-bond acceptors (Lipinski definition) is 5. The molecule has 0 bridgehead atoms. The number of fused-ring (bicyclic) bond motifs is 1. The lowest BCUT2D eigenvalue weighted by Crippen LogP contribution is -2.30. The molecule has 0 saturated carbocycles. The summed E-state index contributed by atoms with van der Waals surface area (Å²) in [5, 5.41) is 6.22. The first-order chi connectivity index (χ1) is 11.5. The summed E-state index contributed by atoms with van der Waals surface area (Å²) in [6, 6.07) is 7.21. The van der Waals surface area contributed by atoms with E-state index in [4.69, 9.17) is 9.26 Å². The van der Waals surface area contributed by atoms with Gasteiger partial charge in [-0.25, -0.2) is 4.79 Å². The summed E-state index contributed by atoms with van der Waals surface area (Å²) in [7, 11) is 0. The summed E-state index contributed by atoms with van der Waals surface area (Å²) in [4.78, 5) is 24.3. The van der Waals surface area contributed by atoms with E-state index in [1.165, 1.54) is 24.5 Å². The first-order valence-electron chi connectivity index (χ1n) is 8.10. The largest absolute Gasteiger partial charge is 0.449 e. The van der Waals surface area contributed by atoms with Gasteiger partial charge in [-0.2, -0.15) is 0 Å². The Balaban J connectivity index is 1.62. The van der Waals surface area contributed by atoms with Crippen LogP contribution in [0.15, 0.2) is 28.8 Å². The Kier molecular flexibility index (Phi) is 4.64. The van der Waals surface area contributed by atoms with Crippen molar-refractivity contribution in [3.8, 4) is 0 Å². The van der Waals surface area contributed by atoms with Crippen molar-refractivity contribution >= 4 is 17.7 Å².